The summed E-state index contributed by atoms with van der Waals surface area (Å²) in [4.78, 5) is 36.4. The minimum absolute atomic E-state index is 0.0440. The van der Waals surface area contributed by atoms with E-state index >= 15 is 0 Å². The molecular weight excluding hydrogens is 1330 g/mol. The second-order valence-electron chi connectivity index (χ2n) is 27.2. The molecule has 2 rings (SSSR count). The van der Waals surface area contributed by atoms with Gasteiger partial charge in [0.1, 0.15) is 5.15 Å². The Labute approximate surface area is 759 Å². The molecule has 0 aliphatic rings. The Morgan fingerprint density at radius 3 is 0.640 bits per heavy atom. The van der Waals surface area contributed by atoms with E-state index in [1.54, 1.807) is 0 Å². The largest absolute Gasteiger partial charge is 0.481 e. The van der Waals surface area contributed by atoms with Crippen LogP contribution in [-0.2, 0) is 9.47 Å². The van der Waals surface area contributed by atoms with Crippen LogP contribution < -0.4 is 4.74 Å². The standard InChI is InChI=1S/C7H7ClN2O3.C6H4Cl2N2O2.B43H3.B43/c1-12-5-3-4(6(11)13-2)9-7(8)10-5;1-12-5(11)3-2-4(7)10-6(8)9-3;2*1-23-34(22)40(35(24(2)3)25(4)5)43(41(36(26(6)7)27(8)9)37(28(10)11)29(12)13)42(38(30(14)15)31(16)17)39(32(18)19)33(20)21/h3H,1-2H3;2H,1H3;1H3;/q;;-1;. The number of halogens is 3. The third-order valence-corrected chi connectivity index (χ3v) is 20.0. The number of aromatic nitrogens is 4. The van der Waals surface area contributed by atoms with Crippen LogP contribution >= 0.6 is 34.8 Å². The van der Waals surface area contributed by atoms with Crippen molar-refractivity contribution in [3.05, 3.63) is 39.2 Å². The summed E-state index contributed by atoms with van der Waals surface area (Å²) in [6.45, 7) is 0. The van der Waals surface area contributed by atoms with Crippen molar-refractivity contribution in [1.29, 1.82) is 0 Å². The number of rotatable bonds is 43. The van der Waals surface area contributed by atoms with Gasteiger partial charge in [-0.25, -0.2) is 24.5 Å². The van der Waals surface area contributed by atoms with Crippen molar-refractivity contribution < 1.29 is 23.8 Å². The Hall–Kier alpha value is 3.35. The first-order chi connectivity index (χ1) is 50.9. The van der Waals surface area contributed by atoms with Gasteiger partial charge in [0.2, 0.25) is 16.4 Å². The van der Waals surface area contributed by atoms with Crippen LogP contribution in [0.4, 0.5) is 0 Å². The summed E-state index contributed by atoms with van der Waals surface area (Å²) < 4.78 is 13.6. The molecule has 0 atom stereocenters. The third-order valence-electron chi connectivity index (χ3n) is 19.5. The van der Waals surface area contributed by atoms with Crippen molar-refractivity contribution in [1.82, 2.24) is 19.9 Å². The van der Waals surface area contributed by atoms with Crippen LogP contribution in [0.25, 0.3) is 0 Å². The maximum Gasteiger partial charge on any atom is 0.356 e. The molecule has 2 aromatic rings. The summed E-state index contributed by atoms with van der Waals surface area (Å²) in [5.41, 5.74) is 0.113. The van der Waals surface area contributed by atoms with E-state index in [0.717, 1.165) is 0 Å². The van der Waals surface area contributed by atoms with Gasteiger partial charge in [-0.15, -0.1) is 0 Å². The first-order valence-electron chi connectivity index (χ1n) is 33.9. The first-order valence-corrected chi connectivity index (χ1v) is 35.1. The van der Waals surface area contributed by atoms with Gasteiger partial charge in [0.05, 0.1) is 21.3 Å². The lowest BCUT2D eigenvalue weighted by molar-refractivity contribution is 0.0585. The van der Waals surface area contributed by atoms with E-state index in [1.165, 1.54) is 40.5 Å². The zero-order valence-corrected chi connectivity index (χ0v) is 64.5. The van der Waals surface area contributed by atoms with Crippen molar-refractivity contribution in [2.24, 2.45) is 0 Å². The van der Waals surface area contributed by atoms with Crippen LogP contribution in [0.3, 0.4) is 0 Å². The highest BCUT2D eigenvalue weighted by Crippen LogP contribution is 2.23. The number of carbonyl (C=O) groups excluding carboxylic acids is 2. The zero-order chi connectivity index (χ0) is 87.5. The molecule has 0 spiro atoms. The highest BCUT2D eigenvalue weighted by molar-refractivity contribution is 8.36. The molecule has 111 heavy (non-hydrogen) atoms. The number of hydrogen-bond donors (Lipinski definition) is 0. The summed E-state index contributed by atoms with van der Waals surface area (Å²) in [6, 6.07) is 2.62. The molecule has 2 aromatic heterocycles. The lowest BCUT2D eigenvalue weighted by atomic mass is 8.26. The van der Waals surface area contributed by atoms with Crippen molar-refractivity contribution in [3.8, 4) is 5.88 Å². The molecule has 2 heterocycles. The summed E-state index contributed by atoms with van der Waals surface area (Å²) >= 11 is 16.5. The van der Waals surface area contributed by atoms with Gasteiger partial charge in [0.15, 0.2) is 11.4 Å². The summed E-state index contributed by atoms with van der Waals surface area (Å²) in [7, 11) is 279. The van der Waals surface area contributed by atoms with Gasteiger partial charge in [-0.1, -0.05) is 19.3 Å². The lowest BCUT2D eigenvalue weighted by Gasteiger charge is -2.55. The quantitative estimate of drug-likeness (QED) is 0.0277. The SMILES string of the molecule is COC(=O)c1cc(Cl)nc(Cl)n1.COC(=O)c1cc(OC)nc(Cl)n1.[B]B([B])B(B([B])[B])B(B([B])[B][BH3-])B(B(B(B([B])[B])B([B])[B])B(B([B])[B])B([B])[B])B(B(B([B])[B])B([B])[B])B(B([B])[B])B([B])[B].[B][B]B([B])B(B(B([B])[B])B([B])[B])B(B(B(B([B])[B])B([B])[B])B(B([B])[B])B([B])[B])B(B(B([B])[B])B([B])[B])B(B([B])[B])B([B])[B]. The molecule has 396 valence electrons. The number of carbonyl (C=O) groups is 2. The molecule has 98 heteroatoms. The van der Waals surface area contributed by atoms with Crippen molar-refractivity contribution in [2.75, 3.05) is 21.3 Å². The predicted octanol–water partition coefficient (Wildman–Crippen LogP) is -31.1. The number of esters is 2. The molecule has 0 unspecified atom stereocenters. The number of ether oxygens (including phenoxy) is 3. The van der Waals surface area contributed by atoms with Gasteiger partial charge >= 0.3 is 11.9 Å². The van der Waals surface area contributed by atoms with Crippen LogP contribution in [0.15, 0.2) is 12.1 Å². The minimum Gasteiger partial charge on any atom is -0.481 e. The molecule has 0 amide bonds. The number of methoxy groups -OCH3 is 3. The fourth-order valence-corrected chi connectivity index (χ4v) is 15.9. The maximum absolute atomic E-state index is 11.0. The van der Waals surface area contributed by atoms with Gasteiger partial charge < -0.3 is 14.2 Å². The van der Waals surface area contributed by atoms with Gasteiger partial charge in [-0.2, -0.15) is 12.0 Å². The second kappa shape index (κ2) is 57.1. The maximum atomic E-state index is 11.0. The van der Waals surface area contributed by atoms with Crippen LogP contribution in [-0.4, -0.2) is 663 Å². The average Bonchev–Trinajstić information content (AvgIpc) is 0.749. The fraction of sp³-hybridized carbons (Fsp3) is 0.231. The minimum atomic E-state index is -1.24. The molecule has 0 N–H and O–H groups in total. The smallest absolute Gasteiger partial charge is 0.356 e. The zero-order valence-electron chi connectivity index (χ0n) is 62.2. The van der Waals surface area contributed by atoms with Crippen LogP contribution in [0.2, 0.25) is 15.7 Å². The van der Waals surface area contributed by atoms with E-state index < -0.39 is 275 Å². The topological polar surface area (TPSA) is 113 Å². The molecule has 0 bridgehead atoms. The Bertz CT molecular complexity index is 2470. The highest BCUT2D eigenvalue weighted by atomic mass is 35.5. The molecule has 0 aromatic carbocycles. The normalized spacial score (nSPS) is 9.58. The van der Waals surface area contributed by atoms with Crippen LogP contribution in [0.1, 0.15) is 21.0 Å². The first kappa shape index (κ1) is 116. The molecule has 88 radical (unpaired) electrons. The van der Waals surface area contributed by atoms with Gasteiger partial charge in [-0.3, -0.25) is 0 Å². The summed E-state index contributed by atoms with van der Waals surface area (Å²) in [5.74, 6) is -0.954. The fourth-order valence-electron chi connectivity index (χ4n) is 15.3. The summed E-state index contributed by atoms with van der Waals surface area (Å²) in [6.07, 6.45) is -44.6. The van der Waals surface area contributed by atoms with Gasteiger partial charge in [-0.05, 0) is 313 Å². The Morgan fingerprint density at radius 2 is 0.468 bits per heavy atom. The van der Waals surface area contributed by atoms with Gasteiger partial charge in [0.25, 0.3) is 0 Å². The van der Waals surface area contributed by atoms with Crippen molar-refractivity contribution in [2.45, 2.75) is 0 Å². The monoisotopic (exact) mass is 1360 g/mol. The van der Waals surface area contributed by atoms with E-state index in [0.29, 0.717) is 0 Å². The summed E-state index contributed by atoms with van der Waals surface area (Å²) in [5, 5.41) is -0.0296. The van der Waals surface area contributed by atoms with Crippen LogP contribution in [0.5, 0.6) is 5.88 Å². The lowest BCUT2D eigenvalue weighted by Crippen LogP contribution is -2.93. The molecule has 0 fully saturated rings. The Balaban J connectivity index is 0. The Morgan fingerprint density at radius 1 is 0.288 bits per heavy atom. The molecular formula is C13H14B86Cl3N4O5-. The van der Waals surface area contributed by atoms with Crippen molar-refractivity contribution >= 4 is 657 Å². The molecule has 0 saturated heterocycles. The molecule has 9 nitrogen and oxygen atoms in total. The van der Waals surface area contributed by atoms with Crippen molar-refractivity contribution in [3.63, 3.8) is 0 Å². The average molecular weight is 1340 g/mol. The van der Waals surface area contributed by atoms with E-state index in [-0.39, 0.29) is 33.0 Å². The molecule has 0 saturated carbocycles. The number of hydrogen-bond acceptors (Lipinski definition) is 9. The molecule has 0 aliphatic carbocycles. The molecule has 0 aliphatic heterocycles. The Kier molecular flexibility index (Phi) is 59.8. The predicted molar refractivity (Wildman–Crippen MR) is 587 cm³/mol. The number of nitrogens with zero attached hydrogens (tertiary/aromatic N) is 4. The van der Waals surface area contributed by atoms with Crippen LogP contribution in [0, 0.1) is 0 Å². The van der Waals surface area contributed by atoms with E-state index in [2.05, 4.69) is 29.4 Å². The van der Waals surface area contributed by atoms with E-state index in [4.69, 9.17) is 372 Å². The van der Waals surface area contributed by atoms with E-state index in [1.807, 2.05) is 7.06 Å². The second-order valence-corrected chi connectivity index (χ2v) is 28.2. The van der Waals surface area contributed by atoms with Gasteiger partial charge in [0, 0.05) is 317 Å². The highest BCUT2D eigenvalue weighted by Gasteiger charge is 2.60. The van der Waals surface area contributed by atoms with E-state index in [9.17, 15) is 9.59 Å². The third kappa shape index (κ3) is 36.1.